The summed E-state index contributed by atoms with van der Waals surface area (Å²) in [6, 6.07) is 9.05. The number of likely N-dealkylation sites (tertiary alicyclic amines) is 1. The smallest absolute Gasteiger partial charge is 0.433 e. The van der Waals surface area contributed by atoms with E-state index in [1.165, 1.54) is 45.6 Å². The summed E-state index contributed by atoms with van der Waals surface area (Å²) in [5, 5.41) is 0. The van der Waals surface area contributed by atoms with E-state index in [0.29, 0.717) is 18.8 Å². The van der Waals surface area contributed by atoms with E-state index in [1.807, 2.05) is 0 Å². The van der Waals surface area contributed by atoms with Gasteiger partial charge in [-0.1, -0.05) is 6.07 Å². The number of sulfonamides is 1. The van der Waals surface area contributed by atoms with Crippen LogP contribution in [0.4, 0.5) is 13.2 Å². The molecule has 4 rings (SSSR count). The maximum atomic E-state index is 12.7. The molecule has 2 aliphatic heterocycles. The molecule has 32 heavy (non-hydrogen) atoms. The fraction of sp³-hybridized carbons (Fsp3) is 0.400. The van der Waals surface area contributed by atoms with Crippen molar-refractivity contribution in [2.45, 2.75) is 17.2 Å². The van der Waals surface area contributed by atoms with Gasteiger partial charge in [-0.05, 0) is 30.3 Å². The van der Waals surface area contributed by atoms with Crippen molar-refractivity contribution < 1.29 is 35.9 Å². The van der Waals surface area contributed by atoms with Crippen molar-refractivity contribution >= 4 is 15.9 Å². The predicted molar refractivity (Wildman–Crippen MR) is 106 cm³/mol. The molecule has 1 amide bonds. The van der Waals surface area contributed by atoms with E-state index < -0.39 is 28.0 Å². The molecule has 0 radical (unpaired) electrons. The molecule has 2 aromatic rings. The summed E-state index contributed by atoms with van der Waals surface area (Å²) >= 11 is 0. The highest BCUT2D eigenvalue weighted by Gasteiger charge is 2.35. The van der Waals surface area contributed by atoms with Crippen molar-refractivity contribution in [3.63, 3.8) is 0 Å². The lowest BCUT2D eigenvalue weighted by Crippen LogP contribution is -2.56. The van der Waals surface area contributed by atoms with Gasteiger partial charge in [-0.15, -0.1) is 0 Å². The molecular weight excluding hydrogens is 451 g/mol. The van der Waals surface area contributed by atoms with Crippen LogP contribution in [-0.4, -0.2) is 74.0 Å². The fourth-order valence-corrected chi connectivity index (χ4v) is 4.78. The number of carbonyl (C=O) groups is 1. The van der Waals surface area contributed by atoms with E-state index in [9.17, 15) is 26.4 Å². The molecule has 2 fully saturated rings. The molecule has 0 bridgehead atoms. The first-order valence-electron chi connectivity index (χ1n) is 9.83. The van der Waals surface area contributed by atoms with Gasteiger partial charge in [-0.2, -0.15) is 17.5 Å². The average Bonchev–Trinajstić information content (AvgIpc) is 2.76. The van der Waals surface area contributed by atoms with Crippen LogP contribution < -0.4 is 4.74 Å². The number of hydrogen-bond acceptors (Lipinski definition) is 6. The molecule has 8 nitrogen and oxygen atoms in total. The third-order valence-electron chi connectivity index (χ3n) is 5.15. The lowest BCUT2D eigenvalue weighted by molar-refractivity contribution is -0.141. The molecule has 1 aromatic carbocycles. The molecule has 172 valence electrons. The Bertz CT molecular complexity index is 1080. The summed E-state index contributed by atoms with van der Waals surface area (Å²) in [6.45, 7) is 1.60. The Balaban J connectivity index is 1.34. The largest absolute Gasteiger partial charge is 0.471 e. The van der Waals surface area contributed by atoms with Crippen molar-refractivity contribution in [2.24, 2.45) is 0 Å². The van der Waals surface area contributed by atoms with Crippen LogP contribution in [-0.2, 0) is 20.9 Å². The highest BCUT2D eigenvalue weighted by Crippen LogP contribution is 2.29. The summed E-state index contributed by atoms with van der Waals surface area (Å²) < 4.78 is 75.5. The highest BCUT2D eigenvalue weighted by atomic mass is 32.2. The minimum Gasteiger partial charge on any atom is -0.471 e. The third kappa shape index (κ3) is 4.71. The van der Waals surface area contributed by atoms with Crippen molar-refractivity contribution in [2.75, 3.05) is 39.4 Å². The number of carbonyl (C=O) groups excluding carboxylic acids is 1. The van der Waals surface area contributed by atoms with Gasteiger partial charge < -0.3 is 14.4 Å². The Hall–Kier alpha value is -2.70. The Kier molecular flexibility index (Phi) is 6.10. The molecule has 2 aliphatic rings. The number of aromatic nitrogens is 1. The number of ether oxygens (including phenoxy) is 2. The van der Waals surface area contributed by atoms with Crippen LogP contribution in [0.1, 0.15) is 16.1 Å². The summed E-state index contributed by atoms with van der Waals surface area (Å²) in [4.78, 5) is 17.6. The number of amides is 1. The van der Waals surface area contributed by atoms with Crippen LogP contribution >= 0.6 is 0 Å². The standard InChI is InChI=1S/C20H20F3N3O5S/c21-20(22,23)17-2-1-3-18(24-17)31-15-12-25(13-15)19(27)14-4-6-16(7-5-14)32(28,29)26-8-10-30-11-9-26/h1-7,15H,8-13H2. The van der Waals surface area contributed by atoms with Crippen LogP contribution in [0.3, 0.4) is 0 Å². The van der Waals surface area contributed by atoms with Crippen LogP contribution in [0.5, 0.6) is 5.88 Å². The molecular formula is C20H20F3N3O5S. The number of hydrogen-bond donors (Lipinski definition) is 0. The molecule has 1 aromatic heterocycles. The van der Waals surface area contributed by atoms with E-state index in [2.05, 4.69) is 4.98 Å². The second-order valence-corrected chi connectivity index (χ2v) is 9.29. The minimum absolute atomic E-state index is 0.0939. The number of rotatable bonds is 5. The molecule has 2 saturated heterocycles. The Morgan fingerprint density at radius 1 is 1.06 bits per heavy atom. The Labute approximate surface area is 182 Å². The monoisotopic (exact) mass is 471 g/mol. The number of morpholine rings is 1. The van der Waals surface area contributed by atoms with Crippen LogP contribution in [0.15, 0.2) is 47.4 Å². The number of nitrogens with zero attached hydrogens (tertiary/aromatic N) is 3. The quantitative estimate of drug-likeness (QED) is 0.663. The maximum absolute atomic E-state index is 12.7. The number of alkyl halides is 3. The van der Waals surface area contributed by atoms with Crippen molar-refractivity contribution in [3.8, 4) is 5.88 Å². The van der Waals surface area contributed by atoms with Gasteiger partial charge in [0.2, 0.25) is 15.9 Å². The summed E-state index contributed by atoms with van der Waals surface area (Å²) in [7, 11) is -3.65. The normalized spacial score (nSPS) is 18.3. The summed E-state index contributed by atoms with van der Waals surface area (Å²) in [5.41, 5.74) is -0.740. The van der Waals surface area contributed by atoms with Gasteiger partial charge in [-0.25, -0.2) is 13.4 Å². The minimum atomic E-state index is -4.57. The van der Waals surface area contributed by atoms with E-state index in [-0.39, 0.29) is 42.9 Å². The molecule has 3 heterocycles. The third-order valence-corrected chi connectivity index (χ3v) is 7.06. The Morgan fingerprint density at radius 2 is 1.72 bits per heavy atom. The van der Waals surface area contributed by atoms with Gasteiger partial charge in [0.25, 0.3) is 5.91 Å². The first-order valence-corrected chi connectivity index (χ1v) is 11.3. The Morgan fingerprint density at radius 3 is 2.34 bits per heavy atom. The number of benzene rings is 1. The number of pyridine rings is 1. The van der Waals surface area contributed by atoms with E-state index in [4.69, 9.17) is 9.47 Å². The van der Waals surface area contributed by atoms with Crippen LogP contribution in [0.2, 0.25) is 0 Å². The molecule has 12 heteroatoms. The highest BCUT2D eigenvalue weighted by molar-refractivity contribution is 7.89. The fourth-order valence-electron chi connectivity index (χ4n) is 3.38. The SMILES string of the molecule is O=C(c1ccc(S(=O)(=O)N2CCOCC2)cc1)N1CC(Oc2cccc(C(F)(F)F)n2)C1. The topological polar surface area (TPSA) is 89.0 Å². The van der Waals surface area contributed by atoms with Gasteiger partial charge in [-0.3, -0.25) is 4.79 Å². The summed E-state index contributed by atoms with van der Waals surface area (Å²) in [6.07, 6.45) is -5.04. The van der Waals surface area contributed by atoms with Gasteiger partial charge in [0, 0.05) is 24.7 Å². The zero-order chi connectivity index (χ0) is 22.9. The lowest BCUT2D eigenvalue weighted by Gasteiger charge is -2.38. The van der Waals surface area contributed by atoms with Crippen molar-refractivity contribution in [1.29, 1.82) is 0 Å². The van der Waals surface area contributed by atoms with Crippen LogP contribution in [0.25, 0.3) is 0 Å². The summed E-state index contributed by atoms with van der Waals surface area (Å²) in [5.74, 6) is -0.480. The molecule has 0 unspecified atom stereocenters. The molecule has 0 N–H and O–H groups in total. The maximum Gasteiger partial charge on any atom is 0.433 e. The molecule has 0 atom stereocenters. The molecule has 0 aliphatic carbocycles. The second kappa shape index (κ2) is 8.68. The molecule has 0 spiro atoms. The van der Waals surface area contributed by atoms with E-state index in [1.54, 1.807) is 0 Å². The van der Waals surface area contributed by atoms with E-state index in [0.717, 1.165) is 6.07 Å². The zero-order valence-electron chi connectivity index (χ0n) is 16.8. The van der Waals surface area contributed by atoms with Gasteiger partial charge >= 0.3 is 6.18 Å². The molecule has 0 saturated carbocycles. The van der Waals surface area contributed by atoms with Gasteiger partial charge in [0.15, 0.2) is 0 Å². The zero-order valence-corrected chi connectivity index (χ0v) is 17.6. The van der Waals surface area contributed by atoms with Gasteiger partial charge in [0.05, 0.1) is 31.2 Å². The second-order valence-electron chi connectivity index (χ2n) is 7.35. The van der Waals surface area contributed by atoms with Gasteiger partial charge in [0.1, 0.15) is 11.8 Å². The predicted octanol–water partition coefficient (Wildman–Crippen LogP) is 2.02. The van der Waals surface area contributed by atoms with E-state index >= 15 is 0 Å². The van der Waals surface area contributed by atoms with Crippen LogP contribution in [0, 0.1) is 0 Å². The van der Waals surface area contributed by atoms with Crippen molar-refractivity contribution in [1.82, 2.24) is 14.2 Å². The van der Waals surface area contributed by atoms with Crippen molar-refractivity contribution in [3.05, 3.63) is 53.7 Å². The number of halogens is 3. The lowest BCUT2D eigenvalue weighted by atomic mass is 10.1. The first kappa shape index (κ1) is 22.5. The average molecular weight is 471 g/mol. The first-order chi connectivity index (χ1) is 15.1.